The Morgan fingerprint density at radius 2 is 1.88 bits per heavy atom. The Bertz CT molecular complexity index is 1440. The van der Waals surface area contributed by atoms with Gasteiger partial charge in [0.25, 0.3) is 5.56 Å². The Kier molecular flexibility index (Phi) is 6.17. The van der Waals surface area contributed by atoms with Gasteiger partial charge in [-0.25, -0.2) is 9.18 Å². The predicted molar refractivity (Wildman–Crippen MR) is 133 cm³/mol. The molecular formula is C28H29FN2O3. The van der Waals surface area contributed by atoms with Crippen molar-refractivity contribution in [3.63, 3.8) is 0 Å². The molecule has 2 heterocycles. The molecule has 0 radical (unpaired) electrons. The largest absolute Gasteiger partial charge is 0.461 e. The highest BCUT2D eigenvalue weighted by Crippen LogP contribution is 2.37. The summed E-state index contributed by atoms with van der Waals surface area (Å²) in [6.45, 7) is 10.2. The minimum absolute atomic E-state index is 0.123. The molecule has 4 rings (SSSR count). The number of nitrogens with zero attached hydrogens (tertiary/aromatic N) is 1. The fourth-order valence-electron chi connectivity index (χ4n) is 4.28. The number of aromatic nitrogens is 2. The van der Waals surface area contributed by atoms with E-state index >= 15 is 0 Å². The number of halogens is 1. The SMILES string of the molecule is CCOC(=O)c1c(-c2ccc[nH]c2=O)c2cc(C(C)(C)C)ccc2n1Cc1cc(C)ccc1F. The summed E-state index contributed by atoms with van der Waals surface area (Å²) < 4.78 is 22.0. The van der Waals surface area contributed by atoms with Gasteiger partial charge in [0.1, 0.15) is 11.5 Å². The van der Waals surface area contributed by atoms with E-state index in [1.807, 2.05) is 25.1 Å². The molecule has 2 aromatic carbocycles. The molecule has 0 aliphatic carbocycles. The first-order valence-corrected chi connectivity index (χ1v) is 11.4. The van der Waals surface area contributed by atoms with Crippen molar-refractivity contribution in [3.05, 3.63) is 93.3 Å². The van der Waals surface area contributed by atoms with Gasteiger partial charge in [-0.15, -0.1) is 0 Å². The van der Waals surface area contributed by atoms with Crippen molar-refractivity contribution in [3.8, 4) is 11.1 Å². The Morgan fingerprint density at radius 1 is 1.12 bits per heavy atom. The quantitative estimate of drug-likeness (QED) is 0.374. The van der Waals surface area contributed by atoms with Gasteiger partial charge in [-0.05, 0) is 55.2 Å². The van der Waals surface area contributed by atoms with E-state index in [0.717, 1.165) is 22.0 Å². The summed E-state index contributed by atoms with van der Waals surface area (Å²) >= 11 is 0. The van der Waals surface area contributed by atoms with Crippen LogP contribution in [0.25, 0.3) is 22.0 Å². The van der Waals surface area contributed by atoms with Gasteiger partial charge < -0.3 is 14.3 Å². The van der Waals surface area contributed by atoms with Gasteiger partial charge in [0.15, 0.2) is 0 Å². The molecule has 0 bridgehead atoms. The van der Waals surface area contributed by atoms with Gasteiger partial charge in [-0.3, -0.25) is 4.79 Å². The van der Waals surface area contributed by atoms with Gasteiger partial charge in [-0.2, -0.15) is 0 Å². The Labute approximate surface area is 198 Å². The topological polar surface area (TPSA) is 64.1 Å². The van der Waals surface area contributed by atoms with Crippen LogP contribution in [0.2, 0.25) is 0 Å². The molecule has 0 saturated carbocycles. The molecule has 34 heavy (non-hydrogen) atoms. The maximum absolute atomic E-state index is 14.8. The summed E-state index contributed by atoms with van der Waals surface area (Å²) in [6.07, 6.45) is 1.55. The highest BCUT2D eigenvalue weighted by molar-refractivity contribution is 6.08. The van der Waals surface area contributed by atoms with Crippen molar-refractivity contribution in [1.82, 2.24) is 9.55 Å². The third-order valence-corrected chi connectivity index (χ3v) is 6.02. The zero-order valence-corrected chi connectivity index (χ0v) is 20.2. The van der Waals surface area contributed by atoms with E-state index in [4.69, 9.17) is 4.74 Å². The second-order valence-electron chi connectivity index (χ2n) is 9.52. The normalized spacial score (nSPS) is 11.7. The zero-order chi connectivity index (χ0) is 24.6. The van der Waals surface area contributed by atoms with Crippen LogP contribution in [0.4, 0.5) is 4.39 Å². The van der Waals surface area contributed by atoms with Crippen molar-refractivity contribution in [2.75, 3.05) is 6.61 Å². The number of pyridine rings is 1. The number of fused-ring (bicyclic) bond motifs is 1. The first-order valence-electron chi connectivity index (χ1n) is 11.4. The van der Waals surface area contributed by atoms with Crippen LogP contribution in [0.15, 0.2) is 59.5 Å². The lowest BCUT2D eigenvalue weighted by Gasteiger charge is -2.19. The van der Waals surface area contributed by atoms with E-state index < -0.39 is 5.97 Å². The molecule has 1 N–H and O–H groups in total. The lowest BCUT2D eigenvalue weighted by molar-refractivity contribution is 0.0516. The first-order chi connectivity index (χ1) is 16.1. The number of hydrogen-bond donors (Lipinski definition) is 1. The van der Waals surface area contributed by atoms with Crippen LogP contribution in [0, 0.1) is 12.7 Å². The van der Waals surface area contributed by atoms with E-state index in [1.165, 1.54) is 6.07 Å². The van der Waals surface area contributed by atoms with Crippen LogP contribution in [-0.4, -0.2) is 22.1 Å². The van der Waals surface area contributed by atoms with E-state index in [9.17, 15) is 14.0 Å². The zero-order valence-electron chi connectivity index (χ0n) is 20.2. The number of benzene rings is 2. The van der Waals surface area contributed by atoms with Crippen molar-refractivity contribution in [1.29, 1.82) is 0 Å². The number of esters is 1. The molecule has 0 amide bonds. The van der Waals surface area contributed by atoms with Crippen molar-refractivity contribution in [2.24, 2.45) is 0 Å². The molecule has 6 heteroatoms. The Balaban J connectivity index is 2.12. The smallest absolute Gasteiger partial charge is 0.355 e. The number of aromatic amines is 1. The monoisotopic (exact) mass is 460 g/mol. The Hall–Kier alpha value is -3.67. The fourth-order valence-corrected chi connectivity index (χ4v) is 4.28. The van der Waals surface area contributed by atoms with Crippen LogP contribution in [0.5, 0.6) is 0 Å². The molecule has 0 fully saturated rings. The van der Waals surface area contributed by atoms with Crippen LogP contribution >= 0.6 is 0 Å². The van der Waals surface area contributed by atoms with Gasteiger partial charge in [0, 0.05) is 33.8 Å². The molecular weight excluding hydrogens is 431 g/mol. The third kappa shape index (κ3) is 4.28. The van der Waals surface area contributed by atoms with E-state index in [1.54, 1.807) is 42.0 Å². The second kappa shape index (κ2) is 8.93. The third-order valence-electron chi connectivity index (χ3n) is 6.02. The fraction of sp³-hybridized carbons (Fsp3) is 0.286. The summed E-state index contributed by atoms with van der Waals surface area (Å²) in [6, 6.07) is 14.3. The van der Waals surface area contributed by atoms with Gasteiger partial charge in [0.2, 0.25) is 0 Å². The number of carbonyl (C=O) groups is 1. The lowest BCUT2D eigenvalue weighted by atomic mass is 9.86. The molecule has 0 unspecified atom stereocenters. The standard InChI is InChI=1S/C28H29FN2O3/c1-6-34-27(33)25-24(20-8-7-13-30-26(20)32)21-15-19(28(3,4)5)10-12-23(21)31(25)16-18-14-17(2)9-11-22(18)29/h7-15H,6,16H2,1-5H3,(H,30,32). The Morgan fingerprint density at radius 3 is 2.56 bits per heavy atom. The van der Waals surface area contributed by atoms with Crippen LogP contribution in [0.3, 0.4) is 0 Å². The van der Waals surface area contributed by atoms with Crippen LogP contribution < -0.4 is 5.56 Å². The lowest BCUT2D eigenvalue weighted by Crippen LogP contribution is -2.16. The van der Waals surface area contributed by atoms with Crippen LogP contribution in [0.1, 0.15) is 54.9 Å². The molecule has 0 saturated heterocycles. The molecule has 0 aliphatic heterocycles. The van der Waals surface area contributed by atoms with E-state index in [2.05, 4.69) is 25.8 Å². The summed E-state index contributed by atoms with van der Waals surface area (Å²) in [5.41, 5.74) is 3.80. The highest BCUT2D eigenvalue weighted by Gasteiger charge is 2.28. The number of carbonyl (C=O) groups excluding carboxylic acids is 1. The van der Waals surface area contributed by atoms with E-state index in [-0.39, 0.29) is 35.6 Å². The molecule has 176 valence electrons. The number of H-pyrrole nitrogens is 1. The first kappa shape index (κ1) is 23.5. The number of ether oxygens (including phenoxy) is 1. The molecule has 0 atom stereocenters. The number of aryl methyl sites for hydroxylation is 1. The van der Waals surface area contributed by atoms with Gasteiger partial charge in [-0.1, -0.05) is 44.5 Å². The maximum Gasteiger partial charge on any atom is 0.355 e. The minimum Gasteiger partial charge on any atom is -0.461 e. The number of nitrogens with one attached hydrogen (secondary N) is 1. The van der Waals surface area contributed by atoms with Gasteiger partial charge >= 0.3 is 5.97 Å². The summed E-state index contributed by atoms with van der Waals surface area (Å²) in [4.78, 5) is 28.9. The average molecular weight is 461 g/mol. The summed E-state index contributed by atoms with van der Waals surface area (Å²) in [7, 11) is 0. The minimum atomic E-state index is -0.553. The average Bonchev–Trinajstić information content (AvgIpc) is 3.09. The summed E-state index contributed by atoms with van der Waals surface area (Å²) in [5.74, 6) is -0.907. The molecule has 4 aromatic rings. The molecule has 0 spiro atoms. The molecule has 0 aliphatic rings. The van der Waals surface area contributed by atoms with Crippen molar-refractivity contribution < 1.29 is 13.9 Å². The number of rotatable bonds is 5. The number of hydrogen-bond acceptors (Lipinski definition) is 3. The highest BCUT2D eigenvalue weighted by atomic mass is 19.1. The predicted octanol–water partition coefficient (Wildman–Crippen LogP) is 5.97. The molecule has 5 nitrogen and oxygen atoms in total. The van der Waals surface area contributed by atoms with Gasteiger partial charge in [0.05, 0.1) is 13.2 Å². The summed E-state index contributed by atoms with van der Waals surface area (Å²) in [5, 5.41) is 0.750. The van der Waals surface area contributed by atoms with Crippen molar-refractivity contribution >= 4 is 16.9 Å². The van der Waals surface area contributed by atoms with E-state index in [0.29, 0.717) is 16.7 Å². The van der Waals surface area contributed by atoms with Crippen LogP contribution in [-0.2, 0) is 16.7 Å². The molecule has 2 aromatic heterocycles. The maximum atomic E-state index is 14.8. The second-order valence-corrected chi connectivity index (χ2v) is 9.52. The van der Waals surface area contributed by atoms with Crippen molar-refractivity contribution in [2.45, 2.75) is 46.6 Å².